The molecule has 0 heterocycles. The van der Waals surface area contributed by atoms with E-state index in [0.717, 1.165) is 0 Å². The molecule has 2 nitrogen and oxygen atoms in total. The summed E-state index contributed by atoms with van der Waals surface area (Å²) in [5.41, 5.74) is 5.84. The van der Waals surface area contributed by atoms with Crippen molar-refractivity contribution in [3.05, 3.63) is 0 Å². The van der Waals surface area contributed by atoms with E-state index >= 15 is 0 Å². The predicted octanol–water partition coefficient (Wildman–Crippen LogP) is 0.428. The van der Waals surface area contributed by atoms with Gasteiger partial charge in [-0.1, -0.05) is 6.42 Å². The molecule has 54 valence electrons. The fourth-order valence-corrected chi connectivity index (χ4v) is 1.61. The Labute approximate surface area is 57.0 Å². The van der Waals surface area contributed by atoms with Gasteiger partial charge in [-0.15, -0.1) is 0 Å². The van der Waals surface area contributed by atoms with Crippen molar-refractivity contribution in [3.8, 4) is 0 Å². The molecule has 0 unspecified atom stereocenters. The van der Waals surface area contributed by atoms with Gasteiger partial charge < -0.3 is 10.6 Å². The van der Waals surface area contributed by atoms with E-state index < -0.39 is 0 Å². The number of likely N-dealkylation sites (N-methyl/N-ethyl adjacent to an activating group) is 1. The summed E-state index contributed by atoms with van der Waals surface area (Å²) in [5.74, 6) is 0. The Bertz CT molecular complexity index is 90.9. The Balaban J connectivity index is 2.40. The molecule has 0 aromatic rings. The van der Waals surface area contributed by atoms with Crippen LogP contribution < -0.4 is 5.73 Å². The summed E-state index contributed by atoms with van der Waals surface area (Å²) in [7, 11) is 4.21. The van der Waals surface area contributed by atoms with Crippen molar-refractivity contribution in [1.82, 2.24) is 4.90 Å². The van der Waals surface area contributed by atoms with Gasteiger partial charge in [-0.2, -0.15) is 0 Å². The molecule has 1 fully saturated rings. The van der Waals surface area contributed by atoms with Crippen LogP contribution in [-0.4, -0.2) is 31.1 Å². The molecular formula is C7H16N2. The molecule has 0 bridgehead atoms. The lowest BCUT2D eigenvalue weighted by atomic mass is 10.2. The second kappa shape index (κ2) is 2.67. The summed E-state index contributed by atoms with van der Waals surface area (Å²) in [6, 6.07) is 1.07. The normalized spacial score (nSPS) is 36.0. The second-order valence-electron chi connectivity index (χ2n) is 3.13. The van der Waals surface area contributed by atoms with Crippen LogP contribution in [0.2, 0.25) is 0 Å². The van der Waals surface area contributed by atoms with Crippen LogP contribution in [-0.2, 0) is 0 Å². The molecule has 2 atom stereocenters. The van der Waals surface area contributed by atoms with E-state index in [1.807, 2.05) is 0 Å². The highest BCUT2D eigenvalue weighted by atomic mass is 15.1. The number of hydrogen-bond acceptors (Lipinski definition) is 2. The molecule has 1 rings (SSSR count). The summed E-state index contributed by atoms with van der Waals surface area (Å²) in [6.45, 7) is 0. The van der Waals surface area contributed by atoms with Gasteiger partial charge in [0.2, 0.25) is 0 Å². The molecule has 0 amide bonds. The monoisotopic (exact) mass is 128 g/mol. The molecule has 1 saturated carbocycles. The van der Waals surface area contributed by atoms with Crippen LogP contribution in [0.15, 0.2) is 0 Å². The smallest absolute Gasteiger partial charge is 0.0241 e. The lowest BCUT2D eigenvalue weighted by Crippen LogP contribution is -2.39. The summed E-state index contributed by atoms with van der Waals surface area (Å²) in [5, 5.41) is 0. The third kappa shape index (κ3) is 1.43. The zero-order valence-corrected chi connectivity index (χ0v) is 6.30. The minimum atomic E-state index is 0.431. The molecule has 9 heavy (non-hydrogen) atoms. The third-order valence-corrected chi connectivity index (χ3v) is 2.19. The van der Waals surface area contributed by atoms with Crippen LogP contribution in [0.1, 0.15) is 19.3 Å². The van der Waals surface area contributed by atoms with Gasteiger partial charge in [0.15, 0.2) is 0 Å². The van der Waals surface area contributed by atoms with Gasteiger partial charge in [0.05, 0.1) is 0 Å². The SMILES string of the molecule is CN(C)[C@H]1CCC[C@H]1N. The van der Waals surface area contributed by atoms with Gasteiger partial charge in [-0.25, -0.2) is 0 Å². The third-order valence-electron chi connectivity index (χ3n) is 2.19. The summed E-state index contributed by atoms with van der Waals surface area (Å²) in [6.07, 6.45) is 3.81. The molecule has 2 heteroatoms. The molecule has 0 radical (unpaired) electrons. The van der Waals surface area contributed by atoms with Crippen LogP contribution in [0.4, 0.5) is 0 Å². The summed E-state index contributed by atoms with van der Waals surface area (Å²) < 4.78 is 0. The molecule has 1 aliphatic carbocycles. The molecule has 0 saturated heterocycles. The van der Waals surface area contributed by atoms with Crippen LogP contribution in [0, 0.1) is 0 Å². The minimum Gasteiger partial charge on any atom is -0.326 e. The highest BCUT2D eigenvalue weighted by molar-refractivity contribution is 4.85. The first-order valence-corrected chi connectivity index (χ1v) is 3.64. The largest absolute Gasteiger partial charge is 0.326 e. The first-order valence-electron chi connectivity index (χ1n) is 3.64. The number of nitrogens with two attached hydrogens (primary N) is 1. The Kier molecular flexibility index (Phi) is 2.09. The van der Waals surface area contributed by atoms with E-state index in [1.165, 1.54) is 19.3 Å². The predicted molar refractivity (Wildman–Crippen MR) is 39.3 cm³/mol. The molecule has 2 N–H and O–H groups in total. The van der Waals surface area contributed by atoms with Crippen LogP contribution in [0.25, 0.3) is 0 Å². The topological polar surface area (TPSA) is 29.3 Å². The van der Waals surface area contributed by atoms with Gasteiger partial charge in [-0.3, -0.25) is 0 Å². The zero-order valence-electron chi connectivity index (χ0n) is 6.30. The zero-order chi connectivity index (χ0) is 6.85. The maximum absolute atomic E-state index is 5.84. The van der Waals surface area contributed by atoms with E-state index in [0.29, 0.717) is 12.1 Å². The minimum absolute atomic E-state index is 0.431. The lowest BCUT2D eigenvalue weighted by Gasteiger charge is -2.22. The van der Waals surface area contributed by atoms with Crippen LogP contribution >= 0.6 is 0 Å². The van der Waals surface area contributed by atoms with Crippen LogP contribution in [0.5, 0.6) is 0 Å². The Morgan fingerprint density at radius 3 is 2.22 bits per heavy atom. The maximum atomic E-state index is 5.84. The average molecular weight is 128 g/mol. The Morgan fingerprint density at radius 1 is 1.33 bits per heavy atom. The number of rotatable bonds is 1. The van der Waals surface area contributed by atoms with E-state index in [4.69, 9.17) is 5.73 Å². The van der Waals surface area contributed by atoms with E-state index in [2.05, 4.69) is 19.0 Å². The summed E-state index contributed by atoms with van der Waals surface area (Å²) in [4.78, 5) is 2.23. The molecular weight excluding hydrogens is 112 g/mol. The van der Waals surface area contributed by atoms with Crippen molar-refractivity contribution >= 4 is 0 Å². The van der Waals surface area contributed by atoms with E-state index in [9.17, 15) is 0 Å². The van der Waals surface area contributed by atoms with Crippen molar-refractivity contribution in [1.29, 1.82) is 0 Å². The quantitative estimate of drug-likeness (QED) is 0.555. The molecule has 0 aromatic carbocycles. The van der Waals surface area contributed by atoms with Crippen molar-refractivity contribution < 1.29 is 0 Å². The lowest BCUT2D eigenvalue weighted by molar-refractivity contribution is 0.277. The second-order valence-corrected chi connectivity index (χ2v) is 3.13. The van der Waals surface area contributed by atoms with Crippen molar-refractivity contribution in [2.75, 3.05) is 14.1 Å². The van der Waals surface area contributed by atoms with E-state index in [1.54, 1.807) is 0 Å². The molecule has 0 spiro atoms. The van der Waals surface area contributed by atoms with Gasteiger partial charge in [-0.05, 0) is 26.9 Å². The van der Waals surface area contributed by atoms with E-state index in [-0.39, 0.29) is 0 Å². The Morgan fingerprint density at radius 2 is 2.00 bits per heavy atom. The maximum Gasteiger partial charge on any atom is 0.0241 e. The van der Waals surface area contributed by atoms with Gasteiger partial charge >= 0.3 is 0 Å². The molecule has 0 aromatic heterocycles. The van der Waals surface area contributed by atoms with Gasteiger partial charge in [0, 0.05) is 12.1 Å². The average Bonchev–Trinajstić information content (AvgIpc) is 2.13. The highest BCUT2D eigenvalue weighted by Crippen LogP contribution is 2.20. The van der Waals surface area contributed by atoms with Crippen molar-refractivity contribution in [3.63, 3.8) is 0 Å². The van der Waals surface area contributed by atoms with Crippen molar-refractivity contribution in [2.24, 2.45) is 5.73 Å². The molecule has 0 aliphatic heterocycles. The van der Waals surface area contributed by atoms with Crippen molar-refractivity contribution in [2.45, 2.75) is 31.3 Å². The van der Waals surface area contributed by atoms with Gasteiger partial charge in [0.25, 0.3) is 0 Å². The number of hydrogen-bond donors (Lipinski definition) is 1. The fourth-order valence-electron chi connectivity index (χ4n) is 1.61. The van der Waals surface area contributed by atoms with Gasteiger partial charge in [0.1, 0.15) is 0 Å². The first-order chi connectivity index (χ1) is 4.22. The number of nitrogens with zero attached hydrogens (tertiary/aromatic N) is 1. The van der Waals surface area contributed by atoms with Crippen LogP contribution in [0.3, 0.4) is 0 Å². The highest BCUT2D eigenvalue weighted by Gasteiger charge is 2.24. The first kappa shape index (κ1) is 7.03. The Hall–Kier alpha value is -0.0800. The standard InChI is InChI=1S/C7H16N2/c1-9(2)7-5-3-4-6(7)8/h6-7H,3-5,8H2,1-2H3/t6-,7+/m1/s1. The molecule has 1 aliphatic rings. The fraction of sp³-hybridized carbons (Fsp3) is 1.00. The summed E-state index contributed by atoms with van der Waals surface area (Å²) >= 11 is 0.